The van der Waals surface area contributed by atoms with Gasteiger partial charge in [-0.15, -0.1) is 0 Å². The monoisotopic (exact) mass is 355 g/mol. The molecule has 0 aromatic rings. The van der Waals surface area contributed by atoms with Crippen LogP contribution in [0.15, 0.2) is 0 Å². The van der Waals surface area contributed by atoms with Crippen LogP contribution in [0.5, 0.6) is 0 Å². The molecule has 10 atom stereocenters. The lowest BCUT2D eigenvalue weighted by atomic mass is 9.93. The molecule has 24 heavy (non-hydrogen) atoms. The third-order valence-electron chi connectivity index (χ3n) is 4.44. The molecule has 2 saturated heterocycles. The molecule has 5 unspecified atom stereocenters. The van der Waals surface area contributed by atoms with Gasteiger partial charge in [0.15, 0.2) is 12.1 Å². The Morgan fingerprint density at radius 2 is 1.46 bits per heavy atom. The molecule has 2 aliphatic rings. The van der Waals surface area contributed by atoms with Crippen molar-refractivity contribution in [3.05, 3.63) is 0 Å². The van der Waals surface area contributed by atoms with Crippen molar-refractivity contribution in [1.29, 1.82) is 0 Å². The van der Waals surface area contributed by atoms with E-state index in [0.717, 1.165) is 0 Å². The summed E-state index contributed by atoms with van der Waals surface area (Å²) in [6.07, 6.45) is -11.7. The van der Waals surface area contributed by atoms with E-state index < -0.39 is 74.1 Å². The lowest BCUT2D eigenvalue weighted by Crippen LogP contribution is -2.69. The largest absolute Gasteiger partial charge is 0.394 e. The normalized spacial score (nSPS) is 53.1. The molecule has 0 spiro atoms. The van der Waals surface area contributed by atoms with Crippen LogP contribution < -0.4 is 5.73 Å². The Hall–Kier alpha value is -0.440. The van der Waals surface area contributed by atoms with Gasteiger partial charge < -0.3 is 55.7 Å². The summed E-state index contributed by atoms with van der Waals surface area (Å²) < 4.78 is 16.1. The molecular formula is C13H25NO10. The number of ether oxygens (including phenoxy) is 3. The molecule has 2 aliphatic heterocycles. The summed E-state index contributed by atoms with van der Waals surface area (Å²) in [7, 11) is 0. The van der Waals surface area contributed by atoms with E-state index in [1.54, 1.807) is 0 Å². The molecule has 2 fully saturated rings. The van der Waals surface area contributed by atoms with Crippen molar-refractivity contribution in [2.75, 3.05) is 13.2 Å². The number of nitrogens with two attached hydrogens (primary N) is 1. The Morgan fingerprint density at radius 1 is 0.917 bits per heavy atom. The molecule has 0 saturated carbocycles. The van der Waals surface area contributed by atoms with E-state index >= 15 is 0 Å². The van der Waals surface area contributed by atoms with E-state index in [1.165, 1.54) is 6.92 Å². The maximum atomic E-state index is 10.1. The Balaban J connectivity index is 2.18. The number of rotatable bonds is 4. The lowest BCUT2D eigenvalue weighted by Gasteiger charge is -2.49. The molecule has 0 aromatic heterocycles. The third-order valence-corrected chi connectivity index (χ3v) is 4.44. The first kappa shape index (κ1) is 19.9. The van der Waals surface area contributed by atoms with Crippen molar-refractivity contribution in [1.82, 2.24) is 0 Å². The zero-order chi connectivity index (χ0) is 18.2. The highest BCUT2D eigenvalue weighted by atomic mass is 16.8. The van der Waals surface area contributed by atoms with E-state index in [2.05, 4.69) is 0 Å². The summed E-state index contributed by atoms with van der Waals surface area (Å²) in [6, 6.07) is -1.24. The van der Waals surface area contributed by atoms with Crippen LogP contribution in [0.3, 0.4) is 0 Å². The molecule has 9 N–H and O–H groups in total. The number of aliphatic hydroxyl groups is 7. The summed E-state index contributed by atoms with van der Waals surface area (Å²) >= 11 is 0. The van der Waals surface area contributed by atoms with Gasteiger partial charge in [0.2, 0.25) is 0 Å². The molecule has 2 rings (SSSR count). The van der Waals surface area contributed by atoms with Gasteiger partial charge in [0.05, 0.1) is 19.3 Å². The highest BCUT2D eigenvalue weighted by molar-refractivity contribution is 4.97. The van der Waals surface area contributed by atoms with Crippen LogP contribution in [-0.4, -0.2) is 110 Å². The third kappa shape index (κ3) is 3.43. The molecule has 2 heterocycles. The Kier molecular flexibility index (Phi) is 6.16. The number of hydrogen-bond acceptors (Lipinski definition) is 11. The maximum Gasteiger partial charge on any atom is 0.197 e. The SMILES string of the molecule is C[C@]1(O[C@H]2O[C@H](CO)C(O)C(O)C2N)OC(CO)[C@@H](O)[C@H](O)C1O. The quantitative estimate of drug-likeness (QED) is 0.240. The lowest BCUT2D eigenvalue weighted by molar-refractivity contribution is -0.406. The van der Waals surface area contributed by atoms with Crippen molar-refractivity contribution >= 4 is 0 Å². The zero-order valence-electron chi connectivity index (χ0n) is 13.0. The fourth-order valence-electron chi connectivity index (χ4n) is 2.84. The number of aliphatic hydroxyl groups excluding tert-OH is 7. The zero-order valence-corrected chi connectivity index (χ0v) is 13.0. The van der Waals surface area contributed by atoms with Gasteiger partial charge in [-0.3, -0.25) is 0 Å². The van der Waals surface area contributed by atoms with E-state index in [4.69, 9.17) is 19.9 Å². The molecule has 11 nitrogen and oxygen atoms in total. The van der Waals surface area contributed by atoms with Gasteiger partial charge in [-0.1, -0.05) is 0 Å². The molecule has 142 valence electrons. The van der Waals surface area contributed by atoms with Crippen LogP contribution in [0.2, 0.25) is 0 Å². The molecule has 0 amide bonds. The number of hydrogen-bond donors (Lipinski definition) is 8. The summed E-state index contributed by atoms with van der Waals surface area (Å²) in [6.45, 7) is -0.0372. The van der Waals surface area contributed by atoms with Gasteiger partial charge in [0.1, 0.15) is 42.7 Å². The Bertz CT molecular complexity index is 424. The second-order valence-electron chi connectivity index (χ2n) is 6.18. The first-order chi connectivity index (χ1) is 11.2. The van der Waals surface area contributed by atoms with Gasteiger partial charge in [0, 0.05) is 0 Å². The van der Waals surface area contributed by atoms with Gasteiger partial charge in [-0.2, -0.15) is 0 Å². The van der Waals surface area contributed by atoms with Crippen LogP contribution in [0, 0.1) is 0 Å². The Labute approximate surface area is 137 Å². The van der Waals surface area contributed by atoms with E-state index in [9.17, 15) is 35.7 Å². The van der Waals surface area contributed by atoms with Crippen LogP contribution in [0.4, 0.5) is 0 Å². The molecule has 0 aromatic carbocycles. The molecule has 0 aliphatic carbocycles. The molecular weight excluding hydrogens is 330 g/mol. The van der Waals surface area contributed by atoms with E-state index in [-0.39, 0.29) is 0 Å². The summed E-state index contributed by atoms with van der Waals surface area (Å²) in [5, 5.41) is 67.8. The first-order valence-corrected chi connectivity index (χ1v) is 7.55. The van der Waals surface area contributed by atoms with Crippen LogP contribution in [0.25, 0.3) is 0 Å². The van der Waals surface area contributed by atoms with E-state index in [1.807, 2.05) is 0 Å². The van der Waals surface area contributed by atoms with Crippen molar-refractivity contribution in [2.45, 2.75) is 67.8 Å². The van der Waals surface area contributed by atoms with Crippen molar-refractivity contribution < 1.29 is 50.0 Å². The maximum absolute atomic E-state index is 10.1. The smallest absolute Gasteiger partial charge is 0.197 e. The topological polar surface area (TPSA) is 195 Å². The van der Waals surface area contributed by atoms with Gasteiger partial charge in [-0.25, -0.2) is 0 Å². The van der Waals surface area contributed by atoms with Gasteiger partial charge in [-0.05, 0) is 6.92 Å². The minimum absolute atomic E-state index is 0.620. The van der Waals surface area contributed by atoms with Gasteiger partial charge in [0.25, 0.3) is 0 Å². The Morgan fingerprint density at radius 3 is 2.00 bits per heavy atom. The highest BCUT2D eigenvalue weighted by Gasteiger charge is 2.55. The average Bonchev–Trinajstić information content (AvgIpc) is 2.57. The van der Waals surface area contributed by atoms with Crippen LogP contribution >= 0.6 is 0 Å². The molecule has 0 radical (unpaired) electrons. The molecule has 0 bridgehead atoms. The van der Waals surface area contributed by atoms with Crippen LogP contribution in [0.1, 0.15) is 6.92 Å². The van der Waals surface area contributed by atoms with Crippen molar-refractivity contribution in [2.24, 2.45) is 5.73 Å². The van der Waals surface area contributed by atoms with Crippen molar-refractivity contribution in [3.63, 3.8) is 0 Å². The standard InChI is InChI=1S/C13H25NO10/c1-13(11(21)10(20)8(18)5(3-16)23-13)24-12-6(14)9(19)7(17)4(2-15)22-12/h4-12,15-21H,2-3,14H2,1H3/t4-,5?,6?,7?,8-,9?,10+,11?,12-,13-/m1/s1. The van der Waals surface area contributed by atoms with Crippen LogP contribution in [-0.2, 0) is 14.2 Å². The first-order valence-electron chi connectivity index (χ1n) is 7.55. The second-order valence-corrected chi connectivity index (χ2v) is 6.18. The predicted molar refractivity (Wildman–Crippen MR) is 75.2 cm³/mol. The second kappa shape index (κ2) is 7.43. The minimum Gasteiger partial charge on any atom is -0.394 e. The summed E-state index contributed by atoms with van der Waals surface area (Å²) in [5.41, 5.74) is 5.74. The average molecular weight is 355 g/mol. The molecule has 11 heteroatoms. The highest BCUT2D eigenvalue weighted by Crippen LogP contribution is 2.34. The van der Waals surface area contributed by atoms with Gasteiger partial charge >= 0.3 is 0 Å². The minimum atomic E-state index is -1.93. The predicted octanol–water partition coefficient (Wildman–Crippen LogP) is -5.04. The fraction of sp³-hybridized carbons (Fsp3) is 1.00. The fourth-order valence-corrected chi connectivity index (χ4v) is 2.84. The van der Waals surface area contributed by atoms with E-state index in [0.29, 0.717) is 0 Å². The summed E-state index contributed by atoms with van der Waals surface area (Å²) in [4.78, 5) is 0. The summed E-state index contributed by atoms with van der Waals surface area (Å²) in [5.74, 6) is -1.93. The van der Waals surface area contributed by atoms with Crippen molar-refractivity contribution in [3.8, 4) is 0 Å².